The van der Waals surface area contributed by atoms with Gasteiger partial charge in [0.15, 0.2) is 0 Å². The molecule has 2 heteroatoms. The van der Waals surface area contributed by atoms with Crippen molar-refractivity contribution in [2.75, 3.05) is 10.6 Å². The number of rotatable bonds is 4. The zero-order chi connectivity index (χ0) is 19.8. The smallest absolute Gasteiger partial charge is 0.0623 e. The highest BCUT2D eigenvalue weighted by atomic mass is 15.0. The molecule has 0 radical (unpaired) electrons. The highest BCUT2D eigenvalue weighted by Gasteiger charge is 2.36. The van der Waals surface area contributed by atoms with E-state index in [4.69, 9.17) is 0 Å². The Morgan fingerprint density at radius 1 is 0.517 bits per heavy atom. The Labute approximate surface area is 172 Å². The lowest BCUT2D eigenvalue weighted by molar-refractivity contribution is 0.660. The molecule has 0 saturated carbocycles. The Hall–Kier alpha value is -3.52. The lowest BCUT2D eigenvalue weighted by Crippen LogP contribution is -2.14. The van der Waals surface area contributed by atoms with Gasteiger partial charge in [0.2, 0.25) is 0 Å². The second-order valence-electron chi connectivity index (χ2n) is 8.06. The topological polar surface area (TPSA) is 24.1 Å². The summed E-state index contributed by atoms with van der Waals surface area (Å²) in [6, 6.07) is 34.0. The van der Waals surface area contributed by atoms with E-state index >= 15 is 0 Å². The fourth-order valence-corrected chi connectivity index (χ4v) is 4.38. The summed E-state index contributed by atoms with van der Waals surface area (Å²) in [4.78, 5) is 0. The molecule has 0 atom stereocenters. The van der Waals surface area contributed by atoms with Gasteiger partial charge in [-0.3, -0.25) is 0 Å². The van der Waals surface area contributed by atoms with Gasteiger partial charge in [-0.2, -0.15) is 0 Å². The zero-order valence-corrected chi connectivity index (χ0v) is 16.7. The maximum absolute atomic E-state index is 3.71. The van der Waals surface area contributed by atoms with Gasteiger partial charge in [0.25, 0.3) is 0 Å². The Kier molecular flexibility index (Phi) is 4.13. The molecule has 1 aliphatic carbocycles. The monoisotopic (exact) mass is 376 g/mol. The molecular weight excluding hydrogens is 352 g/mol. The Bertz CT molecular complexity index is 1180. The van der Waals surface area contributed by atoms with Crippen LogP contribution in [0.5, 0.6) is 0 Å². The number of benzene rings is 4. The maximum Gasteiger partial charge on any atom is 0.0623 e. The van der Waals surface area contributed by atoms with Crippen LogP contribution in [0.1, 0.15) is 25.0 Å². The normalized spacial score (nSPS) is 13.4. The molecule has 1 aliphatic rings. The van der Waals surface area contributed by atoms with Crippen molar-refractivity contribution in [2.24, 2.45) is 0 Å². The predicted molar refractivity (Wildman–Crippen MR) is 123 cm³/mol. The molecule has 0 fully saturated rings. The van der Waals surface area contributed by atoms with Gasteiger partial charge in [0, 0.05) is 22.4 Å². The van der Waals surface area contributed by atoms with Crippen LogP contribution < -0.4 is 10.6 Å². The van der Waals surface area contributed by atoms with E-state index in [9.17, 15) is 0 Å². The number of nitrogens with one attached hydrogen (secondary N) is 2. The molecule has 0 saturated heterocycles. The lowest BCUT2D eigenvalue weighted by Gasteiger charge is -2.22. The Morgan fingerprint density at radius 3 is 1.90 bits per heavy atom. The van der Waals surface area contributed by atoms with Crippen LogP contribution in [0, 0.1) is 0 Å². The molecule has 142 valence electrons. The van der Waals surface area contributed by atoms with E-state index in [0.29, 0.717) is 0 Å². The summed E-state index contributed by atoms with van der Waals surface area (Å²) in [5.74, 6) is 0. The van der Waals surface area contributed by atoms with Crippen molar-refractivity contribution in [3.05, 3.63) is 108 Å². The minimum atomic E-state index is 0.00538. The van der Waals surface area contributed by atoms with E-state index in [0.717, 1.165) is 22.7 Å². The van der Waals surface area contributed by atoms with Crippen LogP contribution in [-0.2, 0) is 5.41 Å². The van der Waals surface area contributed by atoms with E-state index in [-0.39, 0.29) is 5.41 Å². The van der Waals surface area contributed by atoms with Crippen molar-refractivity contribution >= 4 is 22.7 Å². The van der Waals surface area contributed by atoms with Crippen LogP contribution in [-0.4, -0.2) is 0 Å². The third-order valence-electron chi connectivity index (χ3n) is 5.86. The second-order valence-corrected chi connectivity index (χ2v) is 8.06. The highest BCUT2D eigenvalue weighted by molar-refractivity contribution is 5.92. The van der Waals surface area contributed by atoms with Crippen LogP contribution in [0.4, 0.5) is 22.7 Å². The summed E-state index contributed by atoms with van der Waals surface area (Å²) in [6.45, 7) is 4.62. The number of para-hydroxylation sites is 3. The molecule has 0 bridgehead atoms. The van der Waals surface area contributed by atoms with Crippen molar-refractivity contribution in [3.8, 4) is 11.1 Å². The standard InChI is InChI=1S/C27H24N2/c1-27(2)21-14-7-6-13-20(21)26-22(27)15-10-18-25(26)29-24-17-9-8-16-23(24)28-19-11-4-3-5-12-19/h3-18,28-29H,1-2H3. The average molecular weight is 377 g/mol. The number of hydrogen-bond donors (Lipinski definition) is 2. The van der Waals surface area contributed by atoms with Crippen LogP contribution in [0.3, 0.4) is 0 Å². The molecule has 2 N–H and O–H groups in total. The summed E-state index contributed by atoms with van der Waals surface area (Å²) in [5.41, 5.74) is 9.73. The molecule has 4 aromatic rings. The molecule has 0 heterocycles. The first-order valence-corrected chi connectivity index (χ1v) is 10.1. The van der Waals surface area contributed by atoms with Crippen LogP contribution in [0.15, 0.2) is 97.1 Å². The van der Waals surface area contributed by atoms with E-state index < -0.39 is 0 Å². The van der Waals surface area contributed by atoms with Crippen molar-refractivity contribution in [3.63, 3.8) is 0 Å². The van der Waals surface area contributed by atoms with Crippen molar-refractivity contribution < 1.29 is 0 Å². The fraction of sp³-hybridized carbons (Fsp3) is 0.111. The van der Waals surface area contributed by atoms with Gasteiger partial charge in [0.1, 0.15) is 0 Å². The predicted octanol–water partition coefficient (Wildman–Crippen LogP) is 7.48. The van der Waals surface area contributed by atoms with Gasteiger partial charge in [-0.15, -0.1) is 0 Å². The minimum Gasteiger partial charge on any atom is -0.354 e. The molecule has 0 aromatic heterocycles. The largest absolute Gasteiger partial charge is 0.354 e. The van der Waals surface area contributed by atoms with Gasteiger partial charge in [-0.05, 0) is 47.0 Å². The molecule has 4 aromatic carbocycles. The molecule has 0 unspecified atom stereocenters. The third-order valence-corrected chi connectivity index (χ3v) is 5.86. The number of hydrogen-bond acceptors (Lipinski definition) is 2. The van der Waals surface area contributed by atoms with Crippen LogP contribution >= 0.6 is 0 Å². The van der Waals surface area contributed by atoms with Gasteiger partial charge < -0.3 is 10.6 Å². The van der Waals surface area contributed by atoms with Crippen LogP contribution in [0.25, 0.3) is 11.1 Å². The van der Waals surface area contributed by atoms with E-state index in [1.165, 1.54) is 22.3 Å². The Balaban J connectivity index is 1.58. The van der Waals surface area contributed by atoms with Crippen LogP contribution in [0.2, 0.25) is 0 Å². The molecule has 2 nitrogen and oxygen atoms in total. The lowest BCUT2D eigenvalue weighted by atomic mass is 9.82. The highest BCUT2D eigenvalue weighted by Crippen LogP contribution is 2.51. The first-order chi connectivity index (χ1) is 14.1. The van der Waals surface area contributed by atoms with E-state index in [1.54, 1.807) is 0 Å². The van der Waals surface area contributed by atoms with Gasteiger partial charge >= 0.3 is 0 Å². The molecule has 5 rings (SSSR count). The molecular formula is C27H24N2. The molecule has 0 aliphatic heterocycles. The second kappa shape index (κ2) is 6.82. The van der Waals surface area contributed by atoms with Crippen molar-refractivity contribution in [1.29, 1.82) is 0 Å². The fourth-order valence-electron chi connectivity index (χ4n) is 4.38. The minimum absolute atomic E-state index is 0.00538. The number of fused-ring (bicyclic) bond motifs is 3. The third kappa shape index (κ3) is 2.98. The zero-order valence-electron chi connectivity index (χ0n) is 16.7. The summed E-state index contributed by atoms with van der Waals surface area (Å²) < 4.78 is 0. The molecule has 29 heavy (non-hydrogen) atoms. The van der Waals surface area contributed by atoms with Crippen molar-refractivity contribution in [1.82, 2.24) is 0 Å². The first kappa shape index (κ1) is 17.6. The Morgan fingerprint density at radius 2 is 1.10 bits per heavy atom. The van der Waals surface area contributed by atoms with Gasteiger partial charge in [-0.25, -0.2) is 0 Å². The SMILES string of the molecule is CC1(C)c2ccccc2-c2c(Nc3ccccc3Nc3ccccc3)cccc21. The number of anilines is 4. The summed E-state index contributed by atoms with van der Waals surface area (Å²) >= 11 is 0. The summed E-state index contributed by atoms with van der Waals surface area (Å²) in [7, 11) is 0. The summed E-state index contributed by atoms with van der Waals surface area (Å²) in [5, 5.41) is 7.24. The first-order valence-electron chi connectivity index (χ1n) is 10.1. The van der Waals surface area contributed by atoms with E-state index in [2.05, 4.69) is 103 Å². The van der Waals surface area contributed by atoms with Gasteiger partial charge in [-0.1, -0.05) is 80.6 Å². The molecule has 0 amide bonds. The van der Waals surface area contributed by atoms with E-state index in [1.807, 2.05) is 18.2 Å². The van der Waals surface area contributed by atoms with Gasteiger partial charge in [0.05, 0.1) is 11.4 Å². The van der Waals surface area contributed by atoms with Crippen molar-refractivity contribution in [2.45, 2.75) is 19.3 Å². The average Bonchev–Trinajstić information content (AvgIpc) is 2.99. The maximum atomic E-state index is 3.71. The quantitative estimate of drug-likeness (QED) is 0.386. The molecule has 0 spiro atoms. The summed E-state index contributed by atoms with van der Waals surface area (Å²) in [6.07, 6.45) is 0.